The number of rotatable bonds is 6. The van der Waals surface area contributed by atoms with Gasteiger partial charge in [0.15, 0.2) is 0 Å². The summed E-state index contributed by atoms with van der Waals surface area (Å²) in [6.45, 7) is -4.34. The topological polar surface area (TPSA) is 43.9 Å². The molecule has 6 heteroatoms. The zero-order valence-electron chi connectivity index (χ0n) is 35.7. The van der Waals surface area contributed by atoms with Crippen LogP contribution >= 0.6 is 11.3 Å². The fourth-order valence-electron chi connectivity index (χ4n) is 6.78. The van der Waals surface area contributed by atoms with Crippen molar-refractivity contribution in [1.82, 2.24) is 14.5 Å². The van der Waals surface area contributed by atoms with E-state index in [2.05, 4.69) is 142 Å². The number of pyridine rings is 1. The molecule has 0 aliphatic carbocycles. The first-order valence-corrected chi connectivity index (χ1v) is 18.5. The zero-order valence-corrected chi connectivity index (χ0v) is 32.9. The van der Waals surface area contributed by atoms with Crippen LogP contribution < -0.4 is 0 Å². The van der Waals surface area contributed by atoms with Gasteiger partial charge in [0.1, 0.15) is 5.76 Å². The molecule has 10 aromatic rings. The first-order valence-electron chi connectivity index (χ1n) is 20.7. The Morgan fingerprint density at radius 1 is 0.679 bits per heavy atom. The van der Waals surface area contributed by atoms with E-state index in [4.69, 9.17) is 17.6 Å². The average molecular weight is 924 g/mol. The molecule has 0 atom stereocenters. The Balaban J connectivity index is 0.000000214. The first kappa shape index (κ1) is 30.1. The SMILES string of the molecule is [2H]C([2H])([2H])c1c[c-]c(-c2ccc(C([2H])([2H])[2H])cn2)cc1.[Ir].[c-]1sc2ccc(-c3ccco3)cc2c1-c1nc2ccccc2n1-c1c(-c2ccccc2)cccc1-c1ccccc1. The van der Waals surface area contributed by atoms with Gasteiger partial charge in [-0.1, -0.05) is 144 Å². The third-order valence-corrected chi connectivity index (χ3v) is 10.3. The summed E-state index contributed by atoms with van der Waals surface area (Å²) in [5.74, 6) is 1.72. The molecular weight excluding hydrogens is 883 g/mol. The van der Waals surface area contributed by atoms with Crippen molar-refractivity contribution in [2.24, 2.45) is 0 Å². The molecule has 273 valence electrons. The van der Waals surface area contributed by atoms with Gasteiger partial charge < -0.3 is 14.0 Å². The van der Waals surface area contributed by atoms with Crippen LogP contribution in [0.2, 0.25) is 0 Å². The van der Waals surface area contributed by atoms with Gasteiger partial charge in [-0.05, 0) is 53.5 Å². The Hall–Kier alpha value is -6.17. The van der Waals surface area contributed by atoms with Crippen LogP contribution in [0.5, 0.6) is 0 Å². The van der Waals surface area contributed by atoms with Gasteiger partial charge in [0, 0.05) is 51.2 Å². The minimum absolute atomic E-state index is 0. The van der Waals surface area contributed by atoms with Crippen LogP contribution in [0.15, 0.2) is 181 Å². The Morgan fingerprint density at radius 3 is 2.07 bits per heavy atom. The van der Waals surface area contributed by atoms with Crippen LogP contribution in [0, 0.1) is 25.2 Å². The van der Waals surface area contributed by atoms with Gasteiger partial charge in [-0.2, -0.15) is 0 Å². The smallest absolute Gasteiger partial charge is 0.133 e. The molecule has 0 bridgehead atoms. The number of aryl methyl sites for hydroxylation is 2. The molecular formula is C50H35IrN3OS-2. The summed E-state index contributed by atoms with van der Waals surface area (Å²) in [6, 6.07) is 57.0. The summed E-state index contributed by atoms with van der Waals surface area (Å²) < 4.78 is 52.9. The van der Waals surface area contributed by atoms with Crippen molar-refractivity contribution >= 4 is 32.5 Å². The number of furan rings is 1. The van der Waals surface area contributed by atoms with Crippen LogP contribution in [0.3, 0.4) is 0 Å². The molecule has 6 aromatic carbocycles. The molecule has 0 amide bonds. The molecule has 0 unspecified atom stereocenters. The molecule has 56 heavy (non-hydrogen) atoms. The maximum atomic E-state index is 7.28. The number of benzene rings is 6. The Morgan fingerprint density at radius 2 is 1.41 bits per heavy atom. The minimum Gasteiger partial charge on any atom is -0.464 e. The van der Waals surface area contributed by atoms with Crippen molar-refractivity contribution < 1.29 is 32.7 Å². The van der Waals surface area contributed by atoms with E-state index < -0.39 is 13.7 Å². The van der Waals surface area contributed by atoms with Gasteiger partial charge in [-0.15, -0.1) is 40.8 Å². The van der Waals surface area contributed by atoms with Crippen LogP contribution in [-0.2, 0) is 20.1 Å². The summed E-state index contributed by atoms with van der Waals surface area (Å²) in [5, 5.41) is 4.73. The molecule has 0 spiro atoms. The van der Waals surface area contributed by atoms with E-state index in [1.807, 2.05) is 12.1 Å². The fourth-order valence-corrected chi connectivity index (χ4v) is 7.60. The van der Waals surface area contributed by atoms with E-state index >= 15 is 0 Å². The van der Waals surface area contributed by atoms with Crippen molar-refractivity contribution in [3.63, 3.8) is 0 Å². The maximum absolute atomic E-state index is 7.28. The summed E-state index contributed by atoms with van der Waals surface area (Å²) in [7, 11) is 0. The average Bonchev–Trinajstić information content (AvgIpc) is 4.06. The second-order valence-corrected chi connectivity index (χ2v) is 13.7. The van der Waals surface area contributed by atoms with Crippen molar-refractivity contribution in [1.29, 1.82) is 0 Å². The molecule has 0 aliphatic heterocycles. The quantitative estimate of drug-likeness (QED) is 0.156. The monoisotopic (exact) mass is 924 g/mol. The molecule has 10 rings (SSSR count). The molecule has 0 aliphatic rings. The van der Waals surface area contributed by atoms with E-state index in [1.165, 1.54) is 24.4 Å². The van der Waals surface area contributed by atoms with E-state index in [0.717, 1.165) is 71.8 Å². The van der Waals surface area contributed by atoms with E-state index in [0.29, 0.717) is 11.3 Å². The number of nitrogens with zero attached hydrogens (tertiary/aromatic N) is 3. The van der Waals surface area contributed by atoms with E-state index in [9.17, 15) is 0 Å². The molecule has 1 radical (unpaired) electrons. The van der Waals surface area contributed by atoms with E-state index in [-0.39, 0.29) is 31.2 Å². The summed E-state index contributed by atoms with van der Waals surface area (Å²) >= 11 is 1.62. The van der Waals surface area contributed by atoms with Crippen LogP contribution in [-0.4, -0.2) is 14.5 Å². The van der Waals surface area contributed by atoms with Gasteiger partial charge >= 0.3 is 0 Å². The molecule has 0 saturated heterocycles. The summed E-state index contributed by atoms with van der Waals surface area (Å²) in [4.78, 5) is 9.33. The van der Waals surface area contributed by atoms with Crippen LogP contribution in [0.1, 0.15) is 19.4 Å². The van der Waals surface area contributed by atoms with Crippen LogP contribution in [0.25, 0.3) is 83.0 Å². The zero-order chi connectivity index (χ0) is 42.1. The number of thiophene rings is 1. The van der Waals surface area contributed by atoms with Gasteiger partial charge in [0.05, 0.1) is 28.8 Å². The van der Waals surface area contributed by atoms with Crippen molar-refractivity contribution in [2.75, 3.05) is 0 Å². The second-order valence-electron chi connectivity index (χ2n) is 12.9. The molecule has 0 fully saturated rings. The predicted octanol–water partition coefficient (Wildman–Crippen LogP) is 13.5. The van der Waals surface area contributed by atoms with Crippen molar-refractivity contribution in [3.8, 4) is 61.9 Å². The number of hydrogen-bond acceptors (Lipinski definition) is 4. The first-order chi connectivity index (χ1) is 29.5. The fraction of sp³-hybridized carbons (Fsp3) is 0.0400. The minimum atomic E-state index is -2.18. The number of imidazole rings is 1. The van der Waals surface area contributed by atoms with Gasteiger partial charge in [0.2, 0.25) is 0 Å². The summed E-state index contributed by atoms with van der Waals surface area (Å²) in [5.41, 5.74) is 11.3. The predicted molar refractivity (Wildman–Crippen MR) is 227 cm³/mol. The molecule has 4 nitrogen and oxygen atoms in total. The Bertz CT molecular complexity index is 2980. The molecule has 0 N–H and O–H groups in total. The third kappa shape index (κ3) is 7.30. The number of aromatic nitrogens is 3. The molecule has 4 aromatic heterocycles. The second kappa shape index (κ2) is 16.3. The Kier molecular flexibility index (Phi) is 8.75. The van der Waals surface area contributed by atoms with Crippen LogP contribution in [0.4, 0.5) is 0 Å². The maximum Gasteiger partial charge on any atom is 0.133 e. The van der Waals surface area contributed by atoms with Crippen molar-refractivity contribution in [2.45, 2.75) is 13.7 Å². The van der Waals surface area contributed by atoms with Gasteiger partial charge in [0.25, 0.3) is 0 Å². The largest absolute Gasteiger partial charge is 0.464 e. The van der Waals surface area contributed by atoms with Gasteiger partial charge in [-0.25, -0.2) is 0 Å². The summed E-state index contributed by atoms with van der Waals surface area (Å²) in [6.07, 6.45) is 3.01. The molecule has 4 heterocycles. The molecule has 0 saturated carbocycles. The van der Waals surface area contributed by atoms with Crippen molar-refractivity contribution in [3.05, 3.63) is 199 Å². The van der Waals surface area contributed by atoms with E-state index in [1.54, 1.807) is 29.7 Å². The Labute approximate surface area is 352 Å². The normalized spacial score (nSPS) is 12.9. The third-order valence-electron chi connectivity index (χ3n) is 9.38. The number of para-hydroxylation sites is 3. The number of hydrogen-bond donors (Lipinski definition) is 0. The standard InChI is InChI=1S/C37H23N2OS.C13H12N.Ir/c1-3-11-25(12-4-1)28-15-9-16-29(26-13-5-2-6-14-26)36(28)39-33-18-8-7-17-32(33)38-37(39)31-24-41-35-21-20-27(23-30(31)35)34-19-10-22-40-34;1-10-3-6-12(7-4-10)13-8-5-11(2)9-14-13;/h1-23H;3-6,8-9H,1-2H3;/q2*-1;/i;1D3,2D3;. The van der Waals surface area contributed by atoms with Gasteiger partial charge in [-0.3, -0.25) is 16.3 Å². The number of fused-ring (bicyclic) bond motifs is 2.